The van der Waals surface area contributed by atoms with Gasteiger partial charge >= 0.3 is 0 Å². The van der Waals surface area contributed by atoms with Crippen LogP contribution in [0.4, 0.5) is 0 Å². The fraction of sp³-hybridized carbons (Fsp3) is 0.364. The summed E-state index contributed by atoms with van der Waals surface area (Å²) < 4.78 is 10.7. The first kappa shape index (κ1) is 19.6. The molecule has 0 spiro atoms. The zero-order valence-corrected chi connectivity index (χ0v) is 17.3. The first-order valence-electron chi connectivity index (χ1n) is 9.74. The van der Waals surface area contributed by atoms with Crippen LogP contribution in [0, 0.1) is 0 Å². The number of carbonyl (C=O) groups is 1. The molecule has 2 heterocycles. The molecule has 0 aliphatic carbocycles. The van der Waals surface area contributed by atoms with Crippen LogP contribution in [0.15, 0.2) is 36.4 Å². The summed E-state index contributed by atoms with van der Waals surface area (Å²) in [6.07, 6.45) is 2.93. The van der Waals surface area contributed by atoms with Gasteiger partial charge in [-0.3, -0.25) is 4.79 Å². The highest BCUT2D eigenvalue weighted by Crippen LogP contribution is 2.37. The van der Waals surface area contributed by atoms with Crippen LogP contribution in [0.5, 0.6) is 11.5 Å². The number of hydrogen-bond acceptors (Lipinski definition) is 4. The molecule has 0 unspecified atom stereocenters. The third-order valence-electron chi connectivity index (χ3n) is 5.43. The maximum absolute atomic E-state index is 13.0. The lowest BCUT2D eigenvalue weighted by Crippen LogP contribution is -2.30. The van der Waals surface area contributed by atoms with E-state index in [9.17, 15) is 4.79 Å². The van der Waals surface area contributed by atoms with E-state index in [-0.39, 0.29) is 11.9 Å². The number of aromatic amines is 1. The molecule has 7 heteroatoms. The average Bonchev–Trinajstić information content (AvgIpc) is 3.38. The fourth-order valence-corrected chi connectivity index (χ4v) is 4.17. The van der Waals surface area contributed by atoms with E-state index in [1.807, 2.05) is 41.3 Å². The number of halogens is 1. The molecule has 1 aliphatic rings. The quantitative estimate of drug-likeness (QED) is 0.644. The number of likely N-dealkylation sites (tertiary alicyclic amines) is 1. The zero-order chi connectivity index (χ0) is 20.4. The van der Waals surface area contributed by atoms with E-state index in [1.165, 1.54) is 0 Å². The van der Waals surface area contributed by atoms with Gasteiger partial charge in [-0.25, -0.2) is 4.98 Å². The second kappa shape index (κ2) is 8.33. The van der Waals surface area contributed by atoms with E-state index in [2.05, 4.69) is 9.97 Å². The molecule has 0 saturated carbocycles. The number of fused-ring (bicyclic) bond motifs is 1. The third-order valence-corrected chi connectivity index (χ3v) is 5.67. The summed E-state index contributed by atoms with van der Waals surface area (Å²) in [5.41, 5.74) is 2.83. The molecule has 0 bridgehead atoms. The normalized spacial score (nSPS) is 16.4. The van der Waals surface area contributed by atoms with Crippen LogP contribution < -0.4 is 9.47 Å². The van der Waals surface area contributed by atoms with Crippen molar-refractivity contribution >= 4 is 28.5 Å². The topological polar surface area (TPSA) is 67.5 Å². The largest absolute Gasteiger partial charge is 0.493 e. The van der Waals surface area contributed by atoms with Crippen molar-refractivity contribution in [1.29, 1.82) is 0 Å². The van der Waals surface area contributed by atoms with Gasteiger partial charge in [-0.15, -0.1) is 0 Å². The predicted octanol–water partition coefficient (Wildman–Crippen LogP) is 4.53. The number of amides is 1. The SMILES string of the molecule is COc1ccc([C@H]2CCCN2C(=O)CCc2nc3ccc(Cl)cc3[nH]2)cc1OC. The number of imidazole rings is 1. The number of H-pyrrole nitrogens is 1. The van der Waals surface area contributed by atoms with E-state index in [4.69, 9.17) is 21.1 Å². The Morgan fingerprint density at radius 2 is 2.03 bits per heavy atom. The second-order valence-electron chi connectivity index (χ2n) is 7.20. The minimum Gasteiger partial charge on any atom is -0.493 e. The van der Waals surface area contributed by atoms with Crippen molar-refractivity contribution in [1.82, 2.24) is 14.9 Å². The van der Waals surface area contributed by atoms with Gasteiger partial charge in [0.1, 0.15) is 5.82 Å². The zero-order valence-electron chi connectivity index (χ0n) is 16.6. The highest BCUT2D eigenvalue weighted by molar-refractivity contribution is 6.31. The second-order valence-corrected chi connectivity index (χ2v) is 7.64. The summed E-state index contributed by atoms with van der Waals surface area (Å²) in [6, 6.07) is 11.5. The van der Waals surface area contributed by atoms with Gasteiger partial charge in [0.15, 0.2) is 11.5 Å². The standard InChI is InChI=1S/C22H24ClN3O3/c1-28-19-8-5-14(12-20(19)29-2)18-4-3-11-26(18)22(27)10-9-21-24-16-7-6-15(23)13-17(16)25-21/h5-8,12-13,18H,3-4,9-11H2,1-2H3,(H,24,25)/t18-/m1/s1. The van der Waals surface area contributed by atoms with Crippen molar-refractivity contribution in [2.75, 3.05) is 20.8 Å². The highest BCUT2D eigenvalue weighted by Gasteiger charge is 2.30. The molecule has 6 nitrogen and oxygen atoms in total. The van der Waals surface area contributed by atoms with Crippen LogP contribution in [0.1, 0.15) is 36.7 Å². The number of carbonyl (C=O) groups excluding carboxylic acids is 1. The average molecular weight is 414 g/mol. The summed E-state index contributed by atoms with van der Waals surface area (Å²) in [4.78, 5) is 22.7. The van der Waals surface area contributed by atoms with Gasteiger partial charge in [0.25, 0.3) is 0 Å². The number of ether oxygens (including phenoxy) is 2. The van der Waals surface area contributed by atoms with Crippen LogP contribution in [-0.4, -0.2) is 41.5 Å². The van der Waals surface area contributed by atoms with Crippen molar-refractivity contribution in [3.63, 3.8) is 0 Å². The van der Waals surface area contributed by atoms with Crippen molar-refractivity contribution in [3.05, 3.63) is 52.8 Å². The van der Waals surface area contributed by atoms with E-state index in [0.29, 0.717) is 29.4 Å². The lowest BCUT2D eigenvalue weighted by molar-refractivity contribution is -0.132. The van der Waals surface area contributed by atoms with Crippen LogP contribution in [0.25, 0.3) is 11.0 Å². The molecular weight excluding hydrogens is 390 g/mol. The lowest BCUT2D eigenvalue weighted by Gasteiger charge is -2.25. The smallest absolute Gasteiger partial charge is 0.223 e. The number of nitrogens with one attached hydrogen (secondary N) is 1. The highest BCUT2D eigenvalue weighted by atomic mass is 35.5. The maximum Gasteiger partial charge on any atom is 0.223 e. The van der Waals surface area contributed by atoms with E-state index >= 15 is 0 Å². The van der Waals surface area contributed by atoms with Crippen LogP contribution in [-0.2, 0) is 11.2 Å². The Balaban J connectivity index is 1.46. The van der Waals surface area contributed by atoms with Crippen molar-refractivity contribution in [2.24, 2.45) is 0 Å². The molecule has 1 aromatic heterocycles. The Labute approximate surface area is 174 Å². The number of aromatic nitrogens is 2. The van der Waals surface area contributed by atoms with Gasteiger partial charge in [0.05, 0.1) is 31.3 Å². The maximum atomic E-state index is 13.0. The summed E-state index contributed by atoms with van der Waals surface area (Å²) in [5.74, 6) is 2.32. The monoisotopic (exact) mass is 413 g/mol. The molecule has 152 valence electrons. The molecule has 1 saturated heterocycles. The molecular formula is C22H24ClN3O3. The Kier molecular flexibility index (Phi) is 5.62. The molecule has 4 rings (SSSR count). The number of benzene rings is 2. The molecule has 1 aliphatic heterocycles. The summed E-state index contributed by atoms with van der Waals surface area (Å²) >= 11 is 6.03. The van der Waals surface area contributed by atoms with Gasteiger partial charge in [-0.1, -0.05) is 17.7 Å². The van der Waals surface area contributed by atoms with Gasteiger partial charge < -0.3 is 19.4 Å². The first-order valence-corrected chi connectivity index (χ1v) is 10.1. The molecule has 29 heavy (non-hydrogen) atoms. The number of nitrogens with zero attached hydrogens (tertiary/aromatic N) is 2. The van der Waals surface area contributed by atoms with E-state index in [1.54, 1.807) is 14.2 Å². The summed E-state index contributed by atoms with van der Waals surface area (Å²) in [6.45, 7) is 0.771. The Hall–Kier alpha value is -2.73. The molecule has 1 atom stereocenters. The molecule has 2 aromatic carbocycles. The first-order chi connectivity index (χ1) is 14.1. The van der Waals surface area contributed by atoms with Crippen molar-refractivity contribution in [2.45, 2.75) is 31.7 Å². The molecule has 1 fully saturated rings. The minimum atomic E-state index is 0.0665. The Bertz CT molecular complexity index is 1030. The lowest BCUT2D eigenvalue weighted by atomic mass is 10.0. The van der Waals surface area contributed by atoms with E-state index < -0.39 is 0 Å². The fourth-order valence-electron chi connectivity index (χ4n) is 3.99. The van der Waals surface area contributed by atoms with Crippen molar-refractivity contribution in [3.8, 4) is 11.5 Å². The predicted molar refractivity (Wildman–Crippen MR) is 113 cm³/mol. The molecule has 3 aromatic rings. The molecule has 1 N–H and O–H groups in total. The van der Waals surface area contributed by atoms with Crippen molar-refractivity contribution < 1.29 is 14.3 Å². The number of hydrogen-bond donors (Lipinski definition) is 1. The third kappa shape index (κ3) is 4.03. The van der Waals surface area contributed by atoms with Crippen LogP contribution in [0.2, 0.25) is 5.02 Å². The van der Waals surface area contributed by atoms with Crippen LogP contribution >= 0.6 is 11.6 Å². The van der Waals surface area contributed by atoms with Gasteiger partial charge in [0.2, 0.25) is 5.91 Å². The molecule has 0 radical (unpaired) electrons. The molecule has 1 amide bonds. The summed E-state index contributed by atoms with van der Waals surface area (Å²) in [5, 5.41) is 0.665. The van der Waals surface area contributed by atoms with E-state index in [0.717, 1.165) is 41.8 Å². The van der Waals surface area contributed by atoms with Gasteiger partial charge in [0, 0.05) is 24.4 Å². The number of aryl methyl sites for hydroxylation is 1. The Morgan fingerprint density at radius 3 is 2.83 bits per heavy atom. The van der Waals surface area contributed by atoms with Crippen LogP contribution in [0.3, 0.4) is 0 Å². The van der Waals surface area contributed by atoms with Gasteiger partial charge in [-0.05, 0) is 48.7 Å². The minimum absolute atomic E-state index is 0.0665. The summed E-state index contributed by atoms with van der Waals surface area (Å²) in [7, 11) is 3.24. The Morgan fingerprint density at radius 1 is 1.21 bits per heavy atom. The van der Waals surface area contributed by atoms with Gasteiger partial charge in [-0.2, -0.15) is 0 Å². The number of methoxy groups -OCH3 is 2. The number of rotatable bonds is 6.